The first-order chi connectivity index (χ1) is 9.37. The first kappa shape index (κ1) is 16.5. The number of hydrogen-bond acceptors (Lipinski definition) is 3. The molecule has 4 nitrogen and oxygen atoms in total. The zero-order chi connectivity index (χ0) is 15.2. The van der Waals surface area contributed by atoms with Crippen molar-refractivity contribution < 1.29 is 9.53 Å². The van der Waals surface area contributed by atoms with Crippen molar-refractivity contribution in [2.24, 2.45) is 5.73 Å². The highest BCUT2D eigenvalue weighted by Crippen LogP contribution is 2.15. The average molecular weight is 278 g/mol. The summed E-state index contributed by atoms with van der Waals surface area (Å²) < 4.78 is 5.70. The maximum absolute atomic E-state index is 11.6. The average Bonchev–Trinajstić information content (AvgIpc) is 2.37. The van der Waals surface area contributed by atoms with E-state index in [0.29, 0.717) is 0 Å². The minimum absolute atomic E-state index is 0.156. The van der Waals surface area contributed by atoms with Crippen LogP contribution in [0.15, 0.2) is 24.3 Å². The molecule has 0 radical (unpaired) electrons. The number of primary amides is 1. The number of ether oxygens (including phenoxy) is 1. The van der Waals surface area contributed by atoms with Gasteiger partial charge >= 0.3 is 0 Å². The summed E-state index contributed by atoms with van der Waals surface area (Å²) in [5, 5.41) is 3.16. The monoisotopic (exact) mass is 278 g/mol. The quantitative estimate of drug-likeness (QED) is 0.766. The van der Waals surface area contributed by atoms with Crippen LogP contribution in [-0.4, -0.2) is 24.1 Å². The minimum atomic E-state index is -0.865. The molecule has 0 spiro atoms. The molecular formula is C16H26N2O2. The Morgan fingerprint density at radius 2 is 1.95 bits per heavy atom. The van der Waals surface area contributed by atoms with Gasteiger partial charge in [-0.05, 0) is 44.9 Å². The van der Waals surface area contributed by atoms with E-state index in [1.165, 1.54) is 5.56 Å². The number of nitrogens with two attached hydrogens (primary N) is 1. The van der Waals surface area contributed by atoms with E-state index in [9.17, 15) is 4.79 Å². The van der Waals surface area contributed by atoms with Gasteiger partial charge in [-0.15, -0.1) is 0 Å². The van der Waals surface area contributed by atoms with Crippen LogP contribution in [0.3, 0.4) is 0 Å². The van der Waals surface area contributed by atoms with Crippen molar-refractivity contribution in [1.82, 2.24) is 5.32 Å². The van der Waals surface area contributed by atoms with Crippen LogP contribution < -0.4 is 15.8 Å². The van der Waals surface area contributed by atoms with E-state index in [0.717, 1.165) is 18.6 Å². The number of rotatable bonds is 8. The van der Waals surface area contributed by atoms with Crippen molar-refractivity contribution in [3.63, 3.8) is 0 Å². The highest BCUT2D eigenvalue weighted by molar-refractivity contribution is 5.84. The molecule has 1 atom stereocenters. The normalized spacial score (nSPS) is 14.1. The zero-order valence-corrected chi connectivity index (χ0v) is 12.9. The molecule has 0 saturated heterocycles. The van der Waals surface area contributed by atoms with Gasteiger partial charge in [0.2, 0.25) is 5.91 Å². The molecule has 0 bridgehead atoms. The molecule has 112 valence electrons. The Labute approximate surface area is 121 Å². The molecule has 20 heavy (non-hydrogen) atoms. The lowest BCUT2D eigenvalue weighted by atomic mass is 10.0. The van der Waals surface area contributed by atoms with Gasteiger partial charge in [0, 0.05) is 6.04 Å². The molecular weight excluding hydrogens is 252 g/mol. The molecule has 3 N–H and O–H groups in total. The van der Waals surface area contributed by atoms with E-state index >= 15 is 0 Å². The fourth-order valence-corrected chi connectivity index (χ4v) is 2.09. The van der Waals surface area contributed by atoms with E-state index < -0.39 is 11.4 Å². The molecule has 0 aliphatic heterocycles. The van der Waals surface area contributed by atoms with Gasteiger partial charge in [0.1, 0.15) is 17.9 Å². The molecule has 4 heteroatoms. The van der Waals surface area contributed by atoms with Crippen molar-refractivity contribution in [1.29, 1.82) is 0 Å². The Morgan fingerprint density at radius 3 is 2.40 bits per heavy atom. The van der Waals surface area contributed by atoms with Gasteiger partial charge in [-0.2, -0.15) is 0 Å². The Kier molecular flexibility index (Phi) is 6.02. The minimum Gasteiger partial charge on any atom is -0.491 e. The Hall–Kier alpha value is -1.55. The second kappa shape index (κ2) is 7.29. The van der Waals surface area contributed by atoms with Gasteiger partial charge < -0.3 is 10.5 Å². The fraction of sp³-hybridized carbons (Fsp3) is 0.562. The molecule has 0 fully saturated rings. The summed E-state index contributed by atoms with van der Waals surface area (Å²) in [7, 11) is 0. The van der Waals surface area contributed by atoms with Crippen LogP contribution in [0.4, 0.5) is 0 Å². The predicted molar refractivity (Wildman–Crippen MR) is 81.8 cm³/mol. The lowest BCUT2D eigenvalue weighted by molar-refractivity contribution is -0.125. The second-order valence-electron chi connectivity index (χ2n) is 5.68. The van der Waals surface area contributed by atoms with Crippen molar-refractivity contribution in [2.45, 2.75) is 52.1 Å². The van der Waals surface area contributed by atoms with Crippen LogP contribution in [0.5, 0.6) is 5.75 Å². The van der Waals surface area contributed by atoms with Gasteiger partial charge in [0.25, 0.3) is 0 Å². The van der Waals surface area contributed by atoms with Crippen LogP contribution in [0.1, 0.15) is 39.7 Å². The highest BCUT2D eigenvalue weighted by atomic mass is 16.5. The topological polar surface area (TPSA) is 64.3 Å². The third kappa shape index (κ3) is 4.85. The van der Waals surface area contributed by atoms with Gasteiger partial charge in [-0.1, -0.05) is 25.5 Å². The first-order valence-corrected chi connectivity index (χ1v) is 7.16. The molecule has 1 aromatic carbocycles. The summed E-state index contributed by atoms with van der Waals surface area (Å²) in [6, 6.07) is 8.12. The molecule has 1 unspecified atom stereocenters. The summed E-state index contributed by atoms with van der Waals surface area (Å²) in [5.41, 5.74) is 5.89. The second-order valence-corrected chi connectivity index (χ2v) is 5.68. The number of nitrogens with one attached hydrogen (secondary N) is 1. The number of carbonyl (C=O) groups excluding carboxylic acids is 1. The lowest BCUT2D eigenvalue weighted by Crippen LogP contribution is -2.59. The van der Waals surface area contributed by atoms with Crippen molar-refractivity contribution in [3.8, 4) is 5.75 Å². The third-order valence-electron chi connectivity index (χ3n) is 3.14. The maximum atomic E-state index is 11.6. The summed E-state index contributed by atoms with van der Waals surface area (Å²) in [6.07, 6.45) is 2.19. The number of hydrogen-bond donors (Lipinski definition) is 2. The number of carbonyl (C=O) groups is 1. The summed E-state index contributed by atoms with van der Waals surface area (Å²) in [6.45, 7) is 8.08. The Balaban J connectivity index is 2.65. The number of amides is 1. The van der Waals surface area contributed by atoms with Crippen LogP contribution >= 0.6 is 0 Å². The fourth-order valence-electron chi connectivity index (χ4n) is 2.09. The van der Waals surface area contributed by atoms with Gasteiger partial charge in [0.05, 0.1) is 0 Å². The Morgan fingerprint density at radius 1 is 1.35 bits per heavy atom. The largest absolute Gasteiger partial charge is 0.491 e. The van der Waals surface area contributed by atoms with Crippen molar-refractivity contribution in [3.05, 3.63) is 29.8 Å². The third-order valence-corrected chi connectivity index (χ3v) is 3.14. The molecule has 1 amide bonds. The van der Waals surface area contributed by atoms with E-state index in [4.69, 9.17) is 10.5 Å². The van der Waals surface area contributed by atoms with Crippen LogP contribution in [0.2, 0.25) is 0 Å². The van der Waals surface area contributed by atoms with Gasteiger partial charge in [-0.3, -0.25) is 10.1 Å². The SMILES string of the molecule is CCCc1ccc(OCC(C)(NC(C)C)C(N)=O)cc1. The molecule has 0 aliphatic rings. The van der Waals surface area contributed by atoms with Gasteiger partial charge in [-0.25, -0.2) is 0 Å². The van der Waals surface area contributed by atoms with E-state index in [2.05, 4.69) is 24.4 Å². The molecule has 0 aromatic heterocycles. The van der Waals surface area contributed by atoms with E-state index in [1.807, 2.05) is 26.0 Å². The zero-order valence-electron chi connectivity index (χ0n) is 12.9. The maximum Gasteiger partial charge on any atom is 0.240 e. The standard InChI is InChI=1S/C16H26N2O2/c1-5-6-13-7-9-14(10-8-13)20-11-16(4,15(17)19)18-12(2)3/h7-10,12,18H,5-6,11H2,1-4H3,(H2,17,19). The number of benzene rings is 1. The summed E-state index contributed by atoms with van der Waals surface area (Å²) in [5.74, 6) is 0.344. The molecule has 1 rings (SSSR count). The molecule has 1 aromatic rings. The van der Waals surface area contributed by atoms with Gasteiger partial charge in [0.15, 0.2) is 0 Å². The van der Waals surface area contributed by atoms with Crippen molar-refractivity contribution >= 4 is 5.91 Å². The van der Waals surface area contributed by atoms with Crippen LogP contribution in [-0.2, 0) is 11.2 Å². The predicted octanol–water partition coefficient (Wildman–Crippen LogP) is 2.26. The smallest absolute Gasteiger partial charge is 0.240 e. The summed E-state index contributed by atoms with van der Waals surface area (Å²) in [4.78, 5) is 11.6. The number of aryl methyl sites for hydroxylation is 1. The Bertz CT molecular complexity index is 429. The lowest BCUT2D eigenvalue weighted by Gasteiger charge is -2.29. The molecule has 0 saturated carbocycles. The van der Waals surface area contributed by atoms with Crippen LogP contribution in [0.25, 0.3) is 0 Å². The van der Waals surface area contributed by atoms with Crippen molar-refractivity contribution in [2.75, 3.05) is 6.61 Å². The highest BCUT2D eigenvalue weighted by Gasteiger charge is 2.32. The molecule has 0 heterocycles. The van der Waals surface area contributed by atoms with E-state index in [-0.39, 0.29) is 12.6 Å². The first-order valence-electron chi connectivity index (χ1n) is 7.16. The van der Waals surface area contributed by atoms with E-state index in [1.54, 1.807) is 6.92 Å². The van der Waals surface area contributed by atoms with Crippen LogP contribution in [0, 0.1) is 0 Å². The molecule has 0 aliphatic carbocycles. The summed E-state index contributed by atoms with van der Waals surface area (Å²) >= 11 is 0.